The van der Waals surface area contributed by atoms with Crippen LogP contribution in [0.25, 0.3) is 0 Å². The molecular formula is C12H15N3O2. The fourth-order valence-corrected chi connectivity index (χ4v) is 1.47. The van der Waals surface area contributed by atoms with Crippen molar-refractivity contribution >= 4 is 0 Å². The summed E-state index contributed by atoms with van der Waals surface area (Å²) in [6.07, 6.45) is 2.31. The summed E-state index contributed by atoms with van der Waals surface area (Å²) in [4.78, 5) is 0. The van der Waals surface area contributed by atoms with Crippen molar-refractivity contribution in [2.45, 2.75) is 13.0 Å². The lowest BCUT2D eigenvalue weighted by Gasteiger charge is -2.06. The monoisotopic (exact) mass is 233 g/mol. The van der Waals surface area contributed by atoms with Gasteiger partial charge in [0, 0.05) is 13.7 Å². The average molecular weight is 233 g/mol. The van der Waals surface area contributed by atoms with Crippen molar-refractivity contribution in [3.8, 4) is 5.75 Å². The summed E-state index contributed by atoms with van der Waals surface area (Å²) in [5.41, 5.74) is 1.10. The number of hydrogen-bond acceptors (Lipinski definition) is 4. The summed E-state index contributed by atoms with van der Waals surface area (Å²) in [6.45, 7) is 0.564. The van der Waals surface area contributed by atoms with Crippen LogP contribution < -0.4 is 4.74 Å². The van der Waals surface area contributed by atoms with Crippen LogP contribution >= 0.6 is 0 Å². The van der Waals surface area contributed by atoms with Crippen molar-refractivity contribution in [3.05, 3.63) is 42.0 Å². The third kappa shape index (κ3) is 3.04. The molecule has 0 saturated carbocycles. The van der Waals surface area contributed by atoms with E-state index in [1.54, 1.807) is 6.33 Å². The van der Waals surface area contributed by atoms with Crippen LogP contribution in [-0.2, 0) is 20.1 Å². The number of benzene rings is 1. The minimum atomic E-state index is 0.166. The van der Waals surface area contributed by atoms with E-state index >= 15 is 0 Å². The number of ether oxygens (including phenoxy) is 1. The molecule has 0 bridgehead atoms. The summed E-state index contributed by atoms with van der Waals surface area (Å²) in [5.74, 6) is 1.57. The van der Waals surface area contributed by atoms with Gasteiger partial charge in [0.05, 0.1) is 0 Å². The largest absolute Gasteiger partial charge is 0.486 e. The second-order valence-electron chi connectivity index (χ2n) is 3.76. The third-order valence-electron chi connectivity index (χ3n) is 2.50. The number of aryl methyl sites for hydroxylation is 1. The lowest BCUT2D eigenvalue weighted by Crippen LogP contribution is -2.03. The van der Waals surface area contributed by atoms with Crippen LogP contribution in [0.15, 0.2) is 30.6 Å². The molecule has 0 spiro atoms. The molecule has 0 aliphatic carbocycles. The van der Waals surface area contributed by atoms with Crippen LogP contribution in [0.3, 0.4) is 0 Å². The lowest BCUT2D eigenvalue weighted by molar-refractivity contribution is 0.290. The minimum Gasteiger partial charge on any atom is -0.486 e. The van der Waals surface area contributed by atoms with Gasteiger partial charge in [-0.3, -0.25) is 0 Å². The van der Waals surface area contributed by atoms with Gasteiger partial charge >= 0.3 is 0 Å². The standard InChI is InChI=1S/C12H15N3O2/c1-15-9-13-14-12(15)8-17-11-4-2-10(3-5-11)6-7-16/h2-5,9,16H,6-8H2,1H3. The third-order valence-corrected chi connectivity index (χ3v) is 2.50. The maximum absolute atomic E-state index is 8.80. The zero-order valence-electron chi connectivity index (χ0n) is 9.71. The molecule has 2 aromatic rings. The number of nitrogens with zero attached hydrogens (tertiary/aromatic N) is 3. The van der Waals surface area contributed by atoms with Gasteiger partial charge in [0.2, 0.25) is 0 Å². The molecular weight excluding hydrogens is 218 g/mol. The molecule has 0 amide bonds. The number of aliphatic hydroxyl groups excluding tert-OH is 1. The normalized spacial score (nSPS) is 10.5. The number of rotatable bonds is 5. The molecule has 0 aliphatic rings. The van der Waals surface area contributed by atoms with Crippen LogP contribution in [0, 0.1) is 0 Å². The van der Waals surface area contributed by atoms with E-state index in [4.69, 9.17) is 9.84 Å². The van der Waals surface area contributed by atoms with Gasteiger partial charge in [-0.15, -0.1) is 10.2 Å². The molecule has 5 heteroatoms. The van der Waals surface area contributed by atoms with Crippen LogP contribution in [0.5, 0.6) is 5.75 Å². The van der Waals surface area contributed by atoms with Gasteiger partial charge in [-0.1, -0.05) is 12.1 Å². The topological polar surface area (TPSA) is 60.2 Å². The van der Waals surface area contributed by atoms with E-state index in [0.29, 0.717) is 13.0 Å². The number of hydrogen-bond donors (Lipinski definition) is 1. The maximum atomic E-state index is 8.80. The Hall–Kier alpha value is -1.88. The Morgan fingerprint density at radius 2 is 2.06 bits per heavy atom. The number of aromatic nitrogens is 3. The highest BCUT2D eigenvalue weighted by atomic mass is 16.5. The summed E-state index contributed by atoms with van der Waals surface area (Å²) in [5, 5.41) is 16.5. The minimum absolute atomic E-state index is 0.166. The van der Waals surface area contributed by atoms with Crippen molar-refractivity contribution in [3.63, 3.8) is 0 Å². The second kappa shape index (κ2) is 5.45. The van der Waals surface area contributed by atoms with E-state index in [1.807, 2.05) is 35.9 Å². The predicted molar refractivity (Wildman–Crippen MR) is 62.6 cm³/mol. The van der Waals surface area contributed by atoms with Crippen molar-refractivity contribution in [2.24, 2.45) is 7.05 Å². The van der Waals surface area contributed by atoms with Gasteiger partial charge in [0.15, 0.2) is 5.82 Å². The van der Waals surface area contributed by atoms with E-state index in [0.717, 1.165) is 17.1 Å². The Balaban J connectivity index is 1.93. The molecule has 0 fully saturated rings. The molecule has 0 aliphatic heterocycles. The summed E-state index contributed by atoms with van der Waals surface area (Å²) in [6, 6.07) is 7.67. The van der Waals surface area contributed by atoms with Gasteiger partial charge in [0.25, 0.3) is 0 Å². The molecule has 1 aromatic heterocycles. The van der Waals surface area contributed by atoms with Crippen LogP contribution in [0.2, 0.25) is 0 Å². The Bertz CT molecular complexity index is 465. The summed E-state index contributed by atoms with van der Waals surface area (Å²) < 4.78 is 7.40. The highest BCUT2D eigenvalue weighted by Gasteiger charge is 2.01. The first kappa shape index (κ1) is 11.6. The van der Waals surface area contributed by atoms with Crippen LogP contribution in [0.1, 0.15) is 11.4 Å². The summed E-state index contributed by atoms with van der Waals surface area (Å²) >= 11 is 0. The fraction of sp³-hybridized carbons (Fsp3) is 0.333. The zero-order valence-corrected chi connectivity index (χ0v) is 9.71. The van der Waals surface area contributed by atoms with Gasteiger partial charge in [-0.25, -0.2) is 0 Å². The lowest BCUT2D eigenvalue weighted by atomic mass is 10.1. The van der Waals surface area contributed by atoms with Crippen molar-refractivity contribution < 1.29 is 9.84 Å². The molecule has 0 radical (unpaired) electrons. The fourth-order valence-electron chi connectivity index (χ4n) is 1.47. The van der Waals surface area contributed by atoms with Crippen molar-refractivity contribution in [1.29, 1.82) is 0 Å². The predicted octanol–water partition coefficient (Wildman–Crippen LogP) is 0.929. The first-order chi connectivity index (χ1) is 8.29. The SMILES string of the molecule is Cn1cnnc1COc1ccc(CCO)cc1. The van der Waals surface area contributed by atoms with E-state index < -0.39 is 0 Å². The molecule has 0 saturated heterocycles. The van der Waals surface area contributed by atoms with Gasteiger partial charge < -0.3 is 14.4 Å². The van der Waals surface area contributed by atoms with Gasteiger partial charge in [0.1, 0.15) is 18.7 Å². The van der Waals surface area contributed by atoms with Crippen LogP contribution in [0.4, 0.5) is 0 Å². The van der Waals surface area contributed by atoms with Crippen molar-refractivity contribution in [1.82, 2.24) is 14.8 Å². The molecule has 1 heterocycles. The maximum Gasteiger partial charge on any atom is 0.170 e. The Morgan fingerprint density at radius 1 is 1.29 bits per heavy atom. The Labute approximate surface area is 99.7 Å². The molecule has 0 unspecified atom stereocenters. The van der Waals surface area contributed by atoms with Gasteiger partial charge in [-0.2, -0.15) is 0 Å². The quantitative estimate of drug-likeness (QED) is 0.834. The van der Waals surface area contributed by atoms with E-state index in [-0.39, 0.29) is 6.61 Å². The Kier molecular flexibility index (Phi) is 3.72. The molecule has 2 rings (SSSR count). The molecule has 0 atom stereocenters. The van der Waals surface area contributed by atoms with Crippen LogP contribution in [-0.4, -0.2) is 26.5 Å². The van der Waals surface area contributed by atoms with E-state index in [1.165, 1.54) is 0 Å². The highest BCUT2D eigenvalue weighted by Crippen LogP contribution is 2.13. The number of aliphatic hydroxyl groups is 1. The molecule has 1 aromatic carbocycles. The van der Waals surface area contributed by atoms with Crippen molar-refractivity contribution in [2.75, 3.05) is 6.61 Å². The smallest absolute Gasteiger partial charge is 0.170 e. The first-order valence-electron chi connectivity index (χ1n) is 5.45. The molecule has 1 N–H and O–H groups in total. The van der Waals surface area contributed by atoms with E-state index in [2.05, 4.69) is 10.2 Å². The highest BCUT2D eigenvalue weighted by molar-refractivity contribution is 5.27. The molecule has 17 heavy (non-hydrogen) atoms. The first-order valence-corrected chi connectivity index (χ1v) is 5.45. The molecule has 90 valence electrons. The zero-order chi connectivity index (χ0) is 12.1. The average Bonchev–Trinajstić information content (AvgIpc) is 2.75. The summed E-state index contributed by atoms with van der Waals surface area (Å²) in [7, 11) is 1.88. The Morgan fingerprint density at radius 3 is 2.65 bits per heavy atom. The second-order valence-corrected chi connectivity index (χ2v) is 3.76. The molecule has 5 nitrogen and oxygen atoms in total. The van der Waals surface area contributed by atoms with Gasteiger partial charge in [-0.05, 0) is 24.1 Å². The van der Waals surface area contributed by atoms with E-state index in [9.17, 15) is 0 Å².